The monoisotopic (exact) mass is 279 g/mol. The van der Waals surface area contributed by atoms with Gasteiger partial charge in [-0.15, -0.1) is 0 Å². The molecule has 1 fully saturated rings. The molecular formula is C14H17NO3S. The molecule has 2 rings (SSSR count). The van der Waals surface area contributed by atoms with Crippen LogP contribution in [0.1, 0.15) is 28.8 Å². The maximum atomic E-state index is 12.0. The minimum Gasteiger partial charge on any atom is -0.481 e. The van der Waals surface area contributed by atoms with Crippen molar-refractivity contribution < 1.29 is 14.7 Å². The summed E-state index contributed by atoms with van der Waals surface area (Å²) < 4.78 is 0. The Morgan fingerprint density at radius 1 is 1.42 bits per heavy atom. The van der Waals surface area contributed by atoms with E-state index in [1.165, 1.54) is 0 Å². The van der Waals surface area contributed by atoms with Gasteiger partial charge in [-0.05, 0) is 36.8 Å². The van der Waals surface area contributed by atoms with Crippen LogP contribution in [0.15, 0.2) is 24.3 Å². The third-order valence-electron chi connectivity index (χ3n) is 3.39. The Hall–Kier alpha value is -1.49. The molecule has 0 spiro atoms. The zero-order chi connectivity index (χ0) is 13.9. The third kappa shape index (κ3) is 3.29. The number of benzene rings is 1. The molecule has 5 heteroatoms. The number of amides is 1. The molecule has 1 aromatic rings. The molecule has 0 atom stereocenters. The Bertz CT molecular complexity index is 497. The summed E-state index contributed by atoms with van der Waals surface area (Å²) in [5, 5.41) is 11.8. The first-order valence-electron chi connectivity index (χ1n) is 6.17. The van der Waals surface area contributed by atoms with Crippen LogP contribution < -0.4 is 5.32 Å². The number of hydrogen-bond donors (Lipinski definition) is 2. The number of thioether (sulfide) groups is 1. The van der Waals surface area contributed by atoms with Gasteiger partial charge in [0.15, 0.2) is 0 Å². The largest absolute Gasteiger partial charge is 0.481 e. The quantitative estimate of drug-likeness (QED) is 0.837. The van der Waals surface area contributed by atoms with Crippen LogP contribution in [0.2, 0.25) is 0 Å². The van der Waals surface area contributed by atoms with Crippen molar-refractivity contribution in [3.63, 3.8) is 0 Å². The summed E-state index contributed by atoms with van der Waals surface area (Å²) in [7, 11) is 0. The van der Waals surface area contributed by atoms with Crippen LogP contribution in [-0.4, -0.2) is 29.8 Å². The molecule has 0 radical (unpaired) electrons. The molecular weight excluding hydrogens is 262 g/mol. The van der Waals surface area contributed by atoms with Crippen molar-refractivity contribution in [1.29, 1.82) is 0 Å². The first kappa shape index (κ1) is 13.9. The van der Waals surface area contributed by atoms with Crippen molar-refractivity contribution >= 4 is 23.6 Å². The van der Waals surface area contributed by atoms with E-state index in [0.29, 0.717) is 18.4 Å². The van der Waals surface area contributed by atoms with Gasteiger partial charge in [0, 0.05) is 17.9 Å². The summed E-state index contributed by atoms with van der Waals surface area (Å²) in [6, 6.07) is 7.43. The van der Waals surface area contributed by atoms with Crippen LogP contribution >= 0.6 is 11.8 Å². The molecule has 1 saturated carbocycles. The molecule has 1 amide bonds. The second kappa shape index (κ2) is 5.65. The number of rotatable bonds is 6. The summed E-state index contributed by atoms with van der Waals surface area (Å²) in [4.78, 5) is 23.0. The number of carboxylic acids is 1. The molecule has 0 saturated heterocycles. The molecule has 1 aliphatic rings. The highest BCUT2D eigenvalue weighted by Crippen LogP contribution is 2.45. The second-order valence-corrected chi connectivity index (χ2v) is 5.77. The highest BCUT2D eigenvalue weighted by molar-refractivity contribution is 7.97. The van der Waals surface area contributed by atoms with Crippen molar-refractivity contribution in [3.05, 3.63) is 35.4 Å². The maximum Gasteiger partial charge on any atom is 0.311 e. The van der Waals surface area contributed by atoms with Gasteiger partial charge < -0.3 is 10.4 Å². The lowest BCUT2D eigenvalue weighted by Crippen LogP contribution is -2.34. The van der Waals surface area contributed by atoms with Gasteiger partial charge >= 0.3 is 5.97 Å². The number of carbonyl (C=O) groups excluding carboxylic acids is 1. The van der Waals surface area contributed by atoms with Gasteiger partial charge in [0.1, 0.15) is 0 Å². The standard InChI is InChI=1S/C14H17NO3S/c1-19-8-10-3-2-4-11(7-10)12(16)15-9-14(5-6-14)13(17)18/h2-4,7H,5-6,8-9H2,1H3,(H,15,16)(H,17,18). The van der Waals surface area contributed by atoms with Gasteiger partial charge in [0.2, 0.25) is 0 Å². The van der Waals surface area contributed by atoms with Crippen LogP contribution in [0.3, 0.4) is 0 Å². The summed E-state index contributed by atoms with van der Waals surface area (Å²) >= 11 is 1.70. The molecule has 102 valence electrons. The summed E-state index contributed by atoms with van der Waals surface area (Å²) in [5.41, 5.74) is 0.972. The lowest BCUT2D eigenvalue weighted by molar-refractivity contribution is -0.143. The van der Waals surface area contributed by atoms with Crippen molar-refractivity contribution in [2.75, 3.05) is 12.8 Å². The third-order valence-corrected chi connectivity index (χ3v) is 4.02. The Balaban J connectivity index is 1.96. The van der Waals surface area contributed by atoms with E-state index in [0.717, 1.165) is 11.3 Å². The molecule has 1 aromatic carbocycles. The normalized spacial score (nSPS) is 15.8. The molecule has 0 bridgehead atoms. The van der Waals surface area contributed by atoms with Crippen LogP contribution in [0.25, 0.3) is 0 Å². The van der Waals surface area contributed by atoms with Crippen LogP contribution in [0, 0.1) is 5.41 Å². The molecule has 4 nitrogen and oxygen atoms in total. The number of nitrogens with one attached hydrogen (secondary N) is 1. The van der Waals surface area contributed by atoms with Crippen LogP contribution in [0.5, 0.6) is 0 Å². The second-order valence-electron chi connectivity index (χ2n) is 4.90. The molecule has 19 heavy (non-hydrogen) atoms. The van der Waals surface area contributed by atoms with Gasteiger partial charge in [-0.3, -0.25) is 9.59 Å². The maximum absolute atomic E-state index is 12.0. The summed E-state index contributed by atoms with van der Waals surface area (Å²) in [6.45, 7) is 0.216. The first-order valence-corrected chi connectivity index (χ1v) is 7.56. The Labute approximate surface area is 116 Å². The van der Waals surface area contributed by atoms with E-state index < -0.39 is 11.4 Å². The van der Waals surface area contributed by atoms with Gasteiger partial charge in [-0.2, -0.15) is 11.8 Å². The zero-order valence-electron chi connectivity index (χ0n) is 10.8. The van der Waals surface area contributed by atoms with E-state index in [1.807, 2.05) is 24.5 Å². The average Bonchev–Trinajstić information content (AvgIpc) is 3.18. The minimum atomic E-state index is -0.816. The van der Waals surface area contributed by atoms with Crippen molar-refractivity contribution in [2.24, 2.45) is 5.41 Å². The highest BCUT2D eigenvalue weighted by atomic mass is 32.2. The smallest absolute Gasteiger partial charge is 0.311 e. The van der Waals surface area contributed by atoms with Crippen LogP contribution in [-0.2, 0) is 10.5 Å². The van der Waals surface area contributed by atoms with Gasteiger partial charge in [0.25, 0.3) is 5.91 Å². The van der Waals surface area contributed by atoms with E-state index in [9.17, 15) is 9.59 Å². The average molecular weight is 279 g/mol. The predicted octanol–water partition coefficient (Wildman–Crippen LogP) is 2.14. The van der Waals surface area contributed by atoms with Gasteiger partial charge in [-0.1, -0.05) is 12.1 Å². The molecule has 0 aromatic heterocycles. The number of hydrogen-bond acceptors (Lipinski definition) is 3. The highest BCUT2D eigenvalue weighted by Gasteiger charge is 2.50. The summed E-state index contributed by atoms with van der Waals surface area (Å²) in [5.74, 6) is -0.153. The van der Waals surface area contributed by atoms with Crippen molar-refractivity contribution in [2.45, 2.75) is 18.6 Å². The molecule has 2 N–H and O–H groups in total. The number of carbonyl (C=O) groups is 2. The minimum absolute atomic E-state index is 0.199. The van der Waals surface area contributed by atoms with E-state index in [2.05, 4.69) is 5.32 Å². The lowest BCUT2D eigenvalue weighted by atomic mass is 10.1. The number of carboxylic acid groups (broad SMARTS) is 1. The SMILES string of the molecule is CSCc1cccc(C(=O)NCC2(C(=O)O)CC2)c1. The van der Waals surface area contributed by atoms with Crippen molar-refractivity contribution in [1.82, 2.24) is 5.32 Å². The Morgan fingerprint density at radius 3 is 2.74 bits per heavy atom. The van der Waals surface area contributed by atoms with E-state index in [1.54, 1.807) is 17.8 Å². The predicted molar refractivity (Wildman–Crippen MR) is 75.3 cm³/mol. The van der Waals surface area contributed by atoms with E-state index >= 15 is 0 Å². The number of aliphatic carboxylic acids is 1. The molecule has 1 aliphatic carbocycles. The van der Waals surface area contributed by atoms with Gasteiger partial charge in [0.05, 0.1) is 5.41 Å². The van der Waals surface area contributed by atoms with Crippen molar-refractivity contribution in [3.8, 4) is 0 Å². The Kier molecular flexibility index (Phi) is 4.14. The fourth-order valence-electron chi connectivity index (χ4n) is 1.94. The molecule has 0 unspecified atom stereocenters. The fraction of sp³-hybridized carbons (Fsp3) is 0.429. The molecule has 0 aliphatic heterocycles. The fourth-order valence-corrected chi connectivity index (χ4v) is 2.45. The Morgan fingerprint density at radius 2 is 2.16 bits per heavy atom. The first-order chi connectivity index (χ1) is 9.07. The van der Waals surface area contributed by atoms with E-state index in [-0.39, 0.29) is 12.5 Å². The lowest BCUT2D eigenvalue weighted by Gasteiger charge is -2.11. The topological polar surface area (TPSA) is 66.4 Å². The zero-order valence-corrected chi connectivity index (χ0v) is 11.6. The van der Waals surface area contributed by atoms with Crippen LogP contribution in [0.4, 0.5) is 0 Å². The van der Waals surface area contributed by atoms with E-state index in [4.69, 9.17) is 5.11 Å². The summed E-state index contributed by atoms with van der Waals surface area (Å²) in [6.07, 6.45) is 3.31. The van der Waals surface area contributed by atoms with Gasteiger partial charge in [-0.25, -0.2) is 0 Å². The molecule has 0 heterocycles.